The van der Waals surface area contributed by atoms with Crippen molar-refractivity contribution in [2.75, 3.05) is 42.5 Å². The Morgan fingerprint density at radius 3 is 2.50 bits per heavy atom. The van der Waals surface area contributed by atoms with E-state index in [9.17, 15) is 9.18 Å². The number of nitrogens with zero attached hydrogens (tertiary/aromatic N) is 2. The quantitative estimate of drug-likeness (QED) is 0.624. The molecule has 3 aromatic rings. The Hall–Kier alpha value is -3.09. The fraction of sp³-hybridized carbons (Fsp3) is 0.240. The van der Waals surface area contributed by atoms with Crippen LogP contribution in [-0.2, 0) is 6.42 Å². The summed E-state index contributed by atoms with van der Waals surface area (Å²) in [6.07, 6.45) is 0.691. The van der Waals surface area contributed by atoms with Crippen LogP contribution in [0.5, 0.6) is 11.5 Å². The Kier molecular flexibility index (Phi) is 6.63. The number of para-hydroxylation sites is 1. The highest BCUT2D eigenvalue weighted by Crippen LogP contribution is 2.44. The summed E-state index contributed by atoms with van der Waals surface area (Å²) in [5, 5.41) is 3.34. The number of carbonyl (C=O) groups excluding carboxylic acids is 1. The van der Waals surface area contributed by atoms with Gasteiger partial charge in [-0.1, -0.05) is 36.4 Å². The smallest absolute Gasteiger partial charge is 0.262 e. The molecule has 0 saturated carbocycles. The number of hydrogen-bond donors (Lipinski definition) is 1. The van der Waals surface area contributed by atoms with Crippen LogP contribution in [0.4, 0.5) is 15.8 Å². The Bertz CT molecular complexity index is 1100. The van der Waals surface area contributed by atoms with E-state index in [4.69, 9.17) is 4.74 Å². The first kappa shape index (κ1) is 22.1. The maximum Gasteiger partial charge on any atom is 0.262 e. The lowest BCUT2D eigenvalue weighted by Crippen LogP contribution is -2.43. The van der Waals surface area contributed by atoms with Crippen LogP contribution in [0.25, 0.3) is 0 Å². The van der Waals surface area contributed by atoms with E-state index in [-0.39, 0.29) is 18.3 Å². The Morgan fingerprint density at radius 2 is 1.72 bits per heavy atom. The maximum absolute atomic E-state index is 14.1. The minimum Gasteiger partial charge on any atom is -0.452 e. The van der Waals surface area contributed by atoms with E-state index >= 15 is 0 Å². The number of halogens is 2. The summed E-state index contributed by atoms with van der Waals surface area (Å²) in [7, 11) is 0. The predicted octanol–water partition coefficient (Wildman–Crippen LogP) is 4.65. The van der Waals surface area contributed by atoms with Gasteiger partial charge in [-0.15, -0.1) is 12.4 Å². The molecule has 0 atom stereocenters. The summed E-state index contributed by atoms with van der Waals surface area (Å²) < 4.78 is 20.4. The number of carbonyl (C=O) groups is 1. The van der Waals surface area contributed by atoms with Crippen molar-refractivity contribution in [1.29, 1.82) is 0 Å². The zero-order chi connectivity index (χ0) is 21.2. The third-order valence-corrected chi connectivity index (χ3v) is 5.82. The van der Waals surface area contributed by atoms with Crippen LogP contribution in [0.1, 0.15) is 15.9 Å². The molecule has 5 nitrogen and oxygen atoms in total. The maximum atomic E-state index is 14.1. The third kappa shape index (κ3) is 4.29. The molecule has 2 heterocycles. The van der Waals surface area contributed by atoms with E-state index in [2.05, 4.69) is 10.2 Å². The van der Waals surface area contributed by atoms with Crippen molar-refractivity contribution in [3.05, 3.63) is 83.7 Å². The first-order valence-corrected chi connectivity index (χ1v) is 10.6. The second-order valence-electron chi connectivity index (χ2n) is 7.80. The zero-order valence-electron chi connectivity index (χ0n) is 17.6. The number of ether oxygens (including phenoxy) is 1. The number of amides is 1. The molecule has 7 heteroatoms. The van der Waals surface area contributed by atoms with E-state index < -0.39 is 5.82 Å². The van der Waals surface area contributed by atoms with Gasteiger partial charge in [-0.2, -0.15) is 0 Å². The number of rotatable bonds is 4. The lowest BCUT2D eigenvalue weighted by atomic mass is 10.1. The summed E-state index contributed by atoms with van der Waals surface area (Å²) in [6, 6.07) is 20.1. The van der Waals surface area contributed by atoms with Gasteiger partial charge in [0.1, 0.15) is 5.82 Å². The molecule has 0 radical (unpaired) electrons. The molecule has 1 N–H and O–H groups in total. The van der Waals surface area contributed by atoms with Gasteiger partial charge in [0.05, 0.1) is 16.9 Å². The average Bonchev–Trinajstić information content (AvgIpc) is 2.92. The fourth-order valence-electron chi connectivity index (χ4n) is 4.22. The Balaban J connectivity index is 0.00000245. The molecule has 5 rings (SSSR count). The number of hydrogen-bond acceptors (Lipinski definition) is 4. The number of fused-ring (bicyclic) bond motifs is 2. The fourth-order valence-corrected chi connectivity index (χ4v) is 4.22. The molecule has 2 aliphatic rings. The number of piperazine rings is 1. The van der Waals surface area contributed by atoms with E-state index in [1.54, 1.807) is 17.0 Å². The van der Waals surface area contributed by atoms with Gasteiger partial charge in [0.15, 0.2) is 11.5 Å². The van der Waals surface area contributed by atoms with Crippen molar-refractivity contribution in [1.82, 2.24) is 5.32 Å². The summed E-state index contributed by atoms with van der Waals surface area (Å²) in [6.45, 7) is 3.85. The monoisotopic (exact) mass is 453 g/mol. The molecular formula is C25H25ClFN3O2. The van der Waals surface area contributed by atoms with Gasteiger partial charge in [0.2, 0.25) is 0 Å². The molecule has 0 aliphatic carbocycles. The largest absolute Gasteiger partial charge is 0.452 e. The van der Waals surface area contributed by atoms with Gasteiger partial charge < -0.3 is 19.9 Å². The molecule has 1 amide bonds. The highest BCUT2D eigenvalue weighted by atomic mass is 35.5. The molecular weight excluding hydrogens is 429 g/mol. The van der Waals surface area contributed by atoms with Gasteiger partial charge in [-0.25, -0.2) is 4.39 Å². The SMILES string of the molecule is Cl.O=C1c2cccc(N3CCNCC3)c2Oc2cc(F)ccc2N1CCc1ccccc1. The zero-order valence-corrected chi connectivity index (χ0v) is 18.4. The van der Waals surface area contributed by atoms with Crippen LogP contribution in [0.2, 0.25) is 0 Å². The van der Waals surface area contributed by atoms with Gasteiger partial charge in [-0.3, -0.25) is 4.79 Å². The molecule has 2 aliphatic heterocycles. The molecule has 0 spiro atoms. The minimum atomic E-state index is -0.391. The molecule has 32 heavy (non-hydrogen) atoms. The lowest BCUT2D eigenvalue weighted by molar-refractivity contribution is 0.0987. The standard InChI is InChI=1S/C25H24FN3O2.ClH/c26-19-9-10-21-23(17-19)31-24-20(7-4-8-22(24)28-15-12-27-13-16-28)25(30)29(21)14-11-18-5-2-1-3-6-18;/h1-10,17,27H,11-16H2;1H. The number of nitrogens with one attached hydrogen (secondary N) is 1. The number of benzene rings is 3. The molecule has 166 valence electrons. The van der Waals surface area contributed by atoms with Crippen LogP contribution >= 0.6 is 12.4 Å². The van der Waals surface area contributed by atoms with Crippen molar-refractivity contribution in [2.45, 2.75) is 6.42 Å². The molecule has 0 aromatic heterocycles. The summed E-state index contributed by atoms with van der Waals surface area (Å²) >= 11 is 0. The molecule has 0 unspecified atom stereocenters. The van der Waals surface area contributed by atoms with Crippen LogP contribution in [-0.4, -0.2) is 38.6 Å². The van der Waals surface area contributed by atoms with Crippen LogP contribution < -0.4 is 19.9 Å². The van der Waals surface area contributed by atoms with Gasteiger partial charge in [-0.05, 0) is 36.2 Å². The minimum absolute atomic E-state index is 0. The predicted molar refractivity (Wildman–Crippen MR) is 127 cm³/mol. The number of anilines is 2. The second-order valence-corrected chi connectivity index (χ2v) is 7.80. The Morgan fingerprint density at radius 1 is 0.938 bits per heavy atom. The van der Waals surface area contributed by atoms with Crippen LogP contribution in [0.3, 0.4) is 0 Å². The van der Waals surface area contributed by atoms with E-state index in [1.165, 1.54) is 12.1 Å². The van der Waals surface area contributed by atoms with Gasteiger partial charge in [0.25, 0.3) is 5.91 Å². The normalized spacial score (nSPS) is 15.2. The van der Waals surface area contributed by atoms with Crippen molar-refractivity contribution in [2.24, 2.45) is 0 Å². The van der Waals surface area contributed by atoms with Crippen LogP contribution in [0.15, 0.2) is 66.7 Å². The highest BCUT2D eigenvalue weighted by Gasteiger charge is 2.31. The summed E-state index contributed by atoms with van der Waals surface area (Å²) in [5.41, 5.74) is 3.09. The van der Waals surface area contributed by atoms with Crippen molar-refractivity contribution in [3.63, 3.8) is 0 Å². The first-order chi connectivity index (χ1) is 15.2. The second kappa shape index (κ2) is 9.59. The van der Waals surface area contributed by atoms with Gasteiger partial charge >= 0.3 is 0 Å². The topological polar surface area (TPSA) is 44.8 Å². The van der Waals surface area contributed by atoms with E-state index in [1.807, 2.05) is 42.5 Å². The van der Waals surface area contributed by atoms with E-state index in [0.29, 0.717) is 35.7 Å². The van der Waals surface area contributed by atoms with Crippen molar-refractivity contribution < 1.29 is 13.9 Å². The highest BCUT2D eigenvalue weighted by molar-refractivity contribution is 6.10. The van der Waals surface area contributed by atoms with Gasteiger partial charge in [0, 0.05) is 38.8 Å². The van der Waals surface area contributed by atoms with Crippen LogP contribution in [0, 0.1) is 5.82 Å². The molecule has 1 fully saturated rings. The average molecular weight is 454 g/mol. The summed E-state index contributed by atoms with van der Waals surface area (Å²) in [5.74, 6) is 0.344. The molecule has 3 aromatic carbocycles. The summed E-state index contributed by atoms with van der Waals surface area (Å²) in [4.78, 5) is 17.6. The molecule has 0 bridgehead atoms. The lowest BCUT2D eigenvalue weighted by Gasteiger charge is -2.31. The van der Waals surface area contributed by atoms with Crippen molar-refractivity contribution in [3.8, 4) is 11.5 Å². The third-order valence-electron chi connectivity index (χ3n) is 5.82. The van der Waals surface area contributed by atoms with E-state index in [0.717, 1.165) is 37.4 Å². The Labute approximate surface area is 193 Å². The van der Waals surface area contributed by atoms with Crippen molar-refractivity contribution >= 4 is 29.7 Å². The molecule has 1 saturated heterocycles. The first-order valence-electron chi connectivity index (χ1n) is 10.6.